The first-order valence-electron chi connectivity index (χ1n) is 7.37. The molecular formula is C17H21N3S. The summed E-state index contributed by atoms with van der Waals surface area (Å²) in [5.41, 5.74) is 1.40. The molecule has 3 rings (SSSR count). The molecular weight excluding hydrogens is 278 g/mol. The summed E-state index contributed by atoms with van der Waals surface area (Å²) in [5.74, 6) is 1.67. The molecule has 1 unspecified atom stereocenters. The van der Waals surface area contributed by atoms with E-state index in [4.69, 9.17) is 0 Å². The Kier molecular flexibility index (Phi) is 4.36. The molecule has 0 saturated heterocycles. The van der Waals surface area contributed by atoms with Gasteiger partial charge in [-0.2, -0.15) is 0 Å². The van der Waals surface area contributed by atoms with E-state index in [9.17, 15) is 0 Å². The Bertz CT molecular complexity index is 713. The molecule has 2 aromatic heterocycles. The molecule has 1 atom stereocenters. The van der Waals surface area contributed by atoms with E-state index in [0.29, 0.717) is 5.92 Å². The van der Waals surface area contributed by atoms with Gasteiger partial charge in [0.1, 0.15) is 5.82 Å². The van der Waals surface area contributed by atoms with Crippen LogP contribution in [0.15, 0.2) is 42.0 Å². The highest BCUT2D eigenvalue weighted by molar-refractivity contribution is 7.17. The average molecular weight is 299 g/mol. The van der Waals surface area contributed by atoms with Crippen LogP contribution in [0, 0.1) is 12.8 Å². The molecule has 0 amide bonds. The molecule has 0 aliphatic rings. The van der Waals surface area contributed by atoms with Gasteiger partial charge in [0.15, 0.2) is 0 Å². The van der Waals surface area contributed by atoms with E-state index in [2.05, 4.69) is 64.6 Å². The second-order valence-electron chi connectivity index (χ2n) is 5.62. The van der Waals surface area contributed by atoms with Crippen LogP contribution < -0.4 is 5.32 Å². The van der Waals surface area contributed by atoms with E-state index in [1.165, 1.54) is 15.6 Å². The summed E-state index contributed by atoms with van der Waals surface area (Å²) >= 11 is 1.83. The normalized spacial score (nSPS) is 12.9. The molecule has 1 aromatic carbocycles. The second-order valence-corrected chi connectivity index (χ2v) is 6.53. The van der Waals surface area contributed by atoms with Crippen LogP contribution in [0.25, 0.3) is 10.1 Å². The zero-order chi connectivity index (χ0) is 14.7. The minimum atomic E-state index is 0.586. The maximum atomic E-state index is 4.27. The topological polar surface area (TPSA) is 29.9 Å². The number of nitrogens with one attached hydrogen (secondary N) is 1. The number of aromatic nitrogens is 2. The van der Waals surface area contributed by atoms with Crippen molar-refractivity contribution in [1.29, 1.82) is 0 Å². The van der Waals surface area contributed by atoms with Crippen LogP contribution in [0.2, 0.25) is 0 Å². The lowest BCUT2D eigenvalue weighted by Crippen LogP contribution is -2.23. The molecule has 1 N–H and O–H groups in total. The van der Waals surface area contributed by atoms with E-state index in [0.717, 1.165) is 25.5 Å². The van der Waals surface area contributed by atoms with Gasteiger partial charge in [0, 0.05) is 30.2 Å². The molecule has 0 aliphatic carbocycles. The minimum Gasteiger partial charge on any atom is -0.335 e. The third kappa shape index (κ3) is 3.34. The third-order valence-corrected chi connectivity index (χ3v) is 4.81. The van der Waals surface area contributed by atoms with Crippen LogP contribution in [0.3, 0.4) is 0 Å². The van der Waals surface area contributed by atoms with Crippen molar-refractivity contribution in [2.75, 3.05) is 6.54 Å². The molecule has 0 fully saturated rings. The van der Waals surface area contributed by atoms with Gasteiger partial charge < -0.3 is 9.88 Å². The number of hydrogen-bond acceptors (Lipinski definition) is 3. The summed E-state index contributed by atoms with van der Waals surface area (Å²) in [5, 5.41) is 7.23. The van der Waals surface area contributed by atoms with E-state index >= 15 is 0 Å². The highest BCUT2D eigenvalue weighted by Crippen LogP contribution is 2.25. The maximum Gasteiger partial charge on any atom is 0.105 e. The molecule has 0 spiro atoms. The fourth-order valence-corrected chi connectivity index (χ4v) is 3.58. The summed E-state index contributed by atoms with van der Waals surface area (Å²) in [4.78, 5) is 4.27. The predicted molar refractivity (Wildman–Crippen MR) is 89.7 cm³/mol. The molecule has 0 aliphatic heterocycles. The zero-order valence-electron chi connectivity index (χ0n) is 12.5. The first-order chi connectivity index (χ1) is 10.2. The highest BCUT2D eigenvalue weighted by atomic mass is 32.1. The number of rotatable bonds is 6. The summed E-state index contributed by atoms with van der Waals surface area (Å²) < 4.78 is 3.59. The van der Waals surface area contributed by atoms with Crippen LogP contribution >= 0.6 is 11.3 Å². The van der Waals surface area contributed by atoms with Gasteiger partial charge in [0.05, 0.1) is 0 Å². The van der Waals surface area contributed by atoms with Crippen LogP contribution in [0.1, 0.15) is 18.3 Å². The van der Waals surface area contributed by atoms with Gasteiger partial charge in [-0.3, -0.25) is 0 Å². The van der Waals surface area contributed by atoms with E-state index in [1.54, 1.807) is 0 Å². The lowest BCUT2D eigenvalue weighted by molar-refractivity contribution is 0.441. The van der Waals surface area contributed by atoms with Crippen LogP contribution in [-0.4, -0.2) is 16.1 Å². The van der Waals surface area contributed by atoms with Gasteiger partial charge in [-0.15, -0.1) is 11.3 Å². The number of benzene rings is 1. The third-order valence-electron chi connectivity index (χ3n) is 3.80. The summed E-state index contributed by atoms with van der Waals surface area (Å²) in [6.45, 7) is 7.30. The van der Waals surface area contributed by atoms with Crippen molar-refractivity contribution < 1.29 is 0 Å². The number of thiophene rings is 1. The van der Waals surface area contributed by atoms with Crippen LogP contribution in [0.5, 0.6) is 0 Å². The average Bonchev–Trinajstić information content (AvgIpc) is 3.07. The minimum absolute atomic E-state index is 0.586. The number of nitrogens with zero attached hydrogens (tertiary/aromatic N) is 2. The zero-order valence-corrected chi connectivity index (χ0v) is 13.4. The molecule has 4 heteroatoms. The SMILES string of the molecule is Cc1nccn1CC(C)CNCc1csc2ccccc12. The summed E-state index contributed by atoms with van der Waals surface area (Å²) in [6.07, 6.45) is 3.92. The number of aryl methyl sites for hydroxylation is 1. The maximum absolute atomic E-state index is 4.27. The standard InChI is InChI=1S/C17H21N3S/c1-13(11-20-8-7-19-14(20)2)9-18-10-15-12-21-17-6-4-3-5-16(15)17/h3-8,12-13,18H,9-11H2,1-2H3. The Labute approximate surface area is 129 Å². The largest absolute Gasteiger partial charge is 0.335 e. The van der Waals surface area contributed by atoms with Gasteiger partial charge in [-0.25, -0.2) is 4.98 Å². The predicted octanol–water partition coefficient (Wildman–Crippen LogP) is 3.83. The lowest BCUT2D eigenvalue weighted by Gasteiger charge is -2.14. The van der Waals surface area contributed by atoms with Crippen molar-refractivity contribution in [1.82, 2.24) is 14.9 Å². The fraction of sp³-hybridized carbons (Fsp3) is 0.353. The van der Waals surface area contributed by atoms with Crippen molar-refractivity contribution in [3.05, 3.63) is 53.4 Å². The van der Waals surface area contributed by atoms with Gasteiger partial charge in [0.2, 0.25) is 0 Å². The quantitative estimate of drug-likeness (QED) is 0.749. The molecule has 0 saturated carbocycles. The highest BCUT2D eigenvalue weighted by Gasteiger charge is 2.06. The first kappa shape index (κ1) is 14.3. The lowest BCUT2D eigenvalue weighted by atomic mass is 10.1. The van der Waals surface area contributed by atoms with Crippen molar-refractivity contribution in [3.63, 3.8) is 0 Å². The van der Waals surface area contributed by atoms with E-state index in [1.807, 2.05) is 17.5 Å². The Morgan fingerprint density at radius 1 is 1.33 bits per heavy atom. The second kappa shape index (κ2) is 6.41. The van der Waals surface area contributed by atoms with Gasteiger partial charge >= 0.3 is 0 Å². The van der Waals surface area contributed by atoms with E-state index in [-0.39, 0.29) is 0 Å². The molecule has 110 valence electrons. The van der Waals surface area contributed by atoms with Gasteiger partial charge in [-0.05, 0) is 41.8 Å². The Morgan fingerprint density at radius 3 is 3.00 bits per heavy atom. The van der Waals surface area contributed by atoms with E-state index < -0.39 is 0 Å². The Hall–Kier alpha value is -1.65. The van der Waals surface area contributed by atoms with Crippen molar-refractivity contribution in [2.45, 2.75) is 26.9 Å². The van der Waals surface area contributed by atoms with Crippen LogP contribution in [-0.2, 0) is 13.1 Å². The number of fused-ring (bicyclic) bond motifs is 1. The number of imidazole rings is 1. The molecule has 21 heavy (non-hydrogen) atoms. The smallest absolute Gasteiger partial charge is 0.105 e. The van der Waals surface area contributed by atoms with Gasteiger partial charge in [-0.1, -0.05) is 25.1 Å². The first-order valence-corrected chi connectivity index (χ1v) is 8.25. The van der Waals surface area contributed by atoms with Crippen LogP contribution in [0.4, 0.5) is 0 Å². The van der Waals surface area contributed by atoms with Crippen molar-refractivity contribution in [3.8, 4) is 0 Å². The van der Waals surface area contributed by atoms with Gasteiger partial charge in [0.25, 0.3) is 0 Å². The monoisotopic (exact) mass is 299 g/mol. The van der Waals surface area contributed by atoms with Crippen molar-refractivity contribution >= 4 is 21.4 Å². The Morgan fingerprint density at radius 2 is 2.19 bits per heavy atom. The number of hydrogen-bond donors (Lipinski definition) is 1. The molecule has 2 heterocycles. The van der Waals surface area contributed by atoms with Crippen molar-refractivity contribution in [2.24, 2.45) is 5.92 Å². The molecule has 0 radical (unpaired) electrons. The summed E-state index contributed by atoms with van der Waals surface area (Å²) in [6, 6.07) is 8.61. The molecule has 0 bridgehead atoms. The molecule has 3 nitrogen and oxygen atoms in total. The summed E-state index contributed by atoms with van der Waals surface area (Å²) in [7, 11) is 0. The fourth-order valence-electron chi connectivity index (χ4n) is 2.62. The molecule has 3 aromatic rings. The Balaban J connectivity index is 1.53.